The summed E-state index contributed by atoms with van der Waals surface area (Å²) in [6.07, 6.45) is 10.7. The predicted molar refractivity (Wildman–Crippen MR) is 177 cm³/mol. The van der Waals surface area contributed by atoms with Crippen LogP contribution < -0.4 is 4.90 Å². The summed E-state index contributed by atoms with van der Waals surface area (Å²) in [7, 11) is 0. The van der Waals surface area contributed by atoms with Gasteiger partial charge in [0.25, 0.3) is 0 Å². The molecular weight excluding hydrogens is 548 g/mol. The first kappa shape index (κ1) is 31.2. The standard InChI is InChI=1S/C38H44N2O4/c1-8-40-31-18-14-12-16-29(31)37(6,7)33(40)22-20-27-23-26(24-38(25-27,34(41)43-9-2)35(42)44-10-3)19-21-32-36(4,5)28-15-11-13-17-30(28)39-32/h11-23H,8-10,24-25H2,1-7H3/b21-19+,27-20-,33-22+. The molecule has 1 aliphatic carbocycles. The van der Waals surface area contributed by atoms with Gasteiger partial charge in [-0.25, -0.2) is 0 Å². The van der Waals surface area contributed by atoms with Crippen molar-refractivity contribution in [3.05, 3.63) is 107 Å². The zero-order chi connectivity index (χ0) is 31.7. The molecule has 6 heteroatoms. The number of carbonyl (C=O) groups excluding carboxylic acids is 2. The van der Waals surface area contributed by atoms with Crippen LogP contribution in [-0.4, -0.2) is 37.4 Å². The first-order valence-corrected chi connectivity index (χ1v) is 15.7. The van der Waals surface area contributed by atoms with E-state index in [4.69, 9.17) is 14.5 Å². The molecule has 0 radical (unpaired) electrons. The highest BCUT2D eigenvalue weighted by molar-refractivity contribution is 6.08. The van der Waals surface area contributed by atoms with Crippen molar-refractivity contribution >= 4 is 29.0 Å². The Morgan fingerprint density at radius 2 is 1.45 bits per heavy atom. The van der Waals surface area contributed by atoms with Gasteiger partial charge in [-0.05, 0) is 80.2 Å². The summed E-state index contributed by atoms with van der Waals surface area (Å²) >= 11 is 0. The van der Waals surface area contributed by atoms with Crippen molar-refractivity contribution in [1.82, 2.24) is 0 Å². The van der Waals surface area contributed by atoms with Crippen molar-refractivity contribution in [3.8, 4) is 0 Å². The Hall–Kier alpha value is -4.19. The maximum absolute atomic E-state index is 13.6. The molecule has 2 aliphatic heterocycles. The quantitative estimate of drug-likeness (QED) is 0.229. The number of hydrogen-bond donors (Lipinski definition) is 0. The molecule has 6 nitrogen and oxygen atoms in total. The van der Waals surface area contributed by atoms with Crippen LogP contribution in [0.15, 0.2) is 101 Å². The minimum atomic E-state index is -1.47. The van der Waals surface area contributed by atoms with Gasteiger partial charge in [-0.15, -0.1) is 0 Å². The van der Waals surface area contributed by atoms with Crippen LogP contribution >= 0.6 is 0 Å². The Labute approximate surface area is 261 Å². The van der Waals surface area contributed by atoms with Gasteiger partial charge in [0, 0.05) is 28.8 Å². The number of anilines is 1. The molecule has 2 aromatic carbocycles. The van der Waals surface area contributed by atoms with E-state index in [9.17, 15) is 9.59 Å². The van der Waals surface area contributed by atoms with Crippen LogP contribution in [0.2, 0.25) is 0 Å². The Bertz CT molecular complexity index is 1600. The molecule has 0 aromatic heterocycles. The largest absolute Gasteiger partial charge is 0.465 e. The van der Waals surface area contributed by atoms with Crippen molar-refractivity contribution in [2.24, 2.45) is 10.4 Å². The number of ether oxygens (including phenoxy) is 2. The van der Waals surface area contributed by atoms with E-state index in [0.29, 0.717) is 0 Å². The maximum Gasteiger partial charge on any atom is 0.324 e. The van der Waals surface area contributed by atoms with Gasteiger partial charge in [-0.3, -0.25) is 14.6 Å². The summed E-state index contributed by atoms with van der Waals surface area (Å²) < 4.78 is 11.0. The van der Waals surface area contributed by atoms with Crippen LogP contribution in [0.5, 0.6) is 0 Å². The first-order valence-electron chi connectivity index (χ1n) is 15.7. The monoisotopic (exact) mass is 592 g/mol. The minimum Gasteiger partial charge on any atom is -0.465 e. The second-order valence-corrected chi connectivity index (χ2v) is 12.7. The summed E-state index contributed by atoms with van der Waals surface area (Å²) in [5, 5.41) is 0. The second-order valence-electron chi connectivity index (χ2n) is 12.7. The van der Waals surface area contributed by atoms with Gasteiger partial charge in [0.05, 0.1) is 24.6 Å². The fraction of sp³-hybridized carbons (Fsp3) is 0.395. The Morgan fingerprint density at radius 3 is 2.09 bits per heavy atom. The van der Waals surface area contributed by atoms with Gasteiger partial charge >= 0.3 is 11.9 Å². The van der Waals surface area contributed by atoms with E-state index in [2.05, 4.69) is 88.1 Å². The summed E-state index contributed by atoms with van der Waals surface area (Å²) in [4.78, 5) is 34.4. The van der Waals surface area contributed by atoms with Crippen molar-refractivity contribution in [3.63, 3.8) is 0 Å². The van der Waals surface area contributed by atoms with Gasteiger partial charge in [0.2, 0.25) is 0 Å². The SMILES string of the molecule is CCOC(=O)C1(C(=O)OCC)CC(/C=C/C2=Nc3ccccc3C2(C)C)=CC(=C/C=C2/N(CC)c3ccccc3C2(C)C)/C1. The van der Waals surface area contributed by atoms with Gasteiger partial charge in [0.1, 0.15) is 0 Å². The van der Waals surface area contributed by atoms with Crippen molar-refractivity contribution in [1.29, 1.82) is 0 Å². The topological polar surface area (TPSA) is 68.2 Å². The number of allylic oxidation sites excluding steroid dienone is 8. The molecule has 0 bridgehead atoms. The van der Waals surface area contributed by atoms with Crippen LogP contribution in [0.1, 0.15) is 72.4 Å². The average Bonchev–Trinajstić information content (AvgIpc) is 3.40. The molecule has 230 valence electrons. The normalized spacial score (nSPS) is 21.2. The van der Waals surface area contributed by atoms with E-state index < -0.39 is 17.4 Å². The third kappa shape index (κ3) is 5.36. The summed E-state index contributed by atoms with van der Waals surface area (Å²) in [6.45, 7) is 15.7. The van der Waals surface area contributed by atoms with Crippen LogP contribution in [0.3, 0.4) is 0 Å². The second kappa shape index (κ2) is 12.1. The number of rotatable bonds is 8. The van der Waals surface area contributed by atoms with Crippen LogP contribution in [0, 0.1) is 5.41 Å². The van der Waals surface area contributed by atoms with Crippen molar-refractivity contribution in [2.75, 3.05) is 24.7 Å². The molecule has 5 rings (SSSR count). The lowest BCUT2D eigenvalue weighted by Crippen LogP contribution is -2.44. The Balaban J connectivity index is 1.59. The smallest absolute Gasteiger partial charge is 0.324 e. The zero-order valence-corrected chi connectivity index (χ0v) is 27.1. The molecule has 0 N–H and O–H groups in total. The highest BCUT2D eigenvalue weighted by Crippen LogP contribution is 2.48. The zero-order valence-electron chi connectivity index (χ0n) is 27.1. The fourth-order valence-electron chi connectivity index (χ4n) is 6.83. The molecule has 0 spiro atoms. The van der Waals surface area contributed by atoms with Crippen LogP contribution in [0.4, 0.5) is 11.4 Å². The predicted octanol–water partition coefficient (Wildman–Crippen LogP) is 8.07. The van der Waals surface area contributed by atoms with Crippen LogP contribution in [-0.2, 0) is 29.9 Å². The number of hydrogen-bond acceptors (Lipinski definition) is 6. The lowest BCUT2D eigenvalue weighted by Gasteiger charge is -2.33. The van der Waals surface area contributed by atoms with Gasteiger partial charge < -0.3 is 14.4 Å². The number of esters is 2. The molecular formula is C38H44N2O4. The molecule has 2 heterocycles. The fourth-order valence-corrected chi connectivity index (χ4v) is 6.83. The molecule has 2 aromatic rings. The highest BCUT2D eigenvalue weighted by atomic mass is 16.6. The Kier molecular flexibility index (Phi) is 8.57. The van der Waals surface area contributed by atoms with Gasteiger partial charge in [-0.2, -0.15) is 0 Å². The Morgan fingerprint density at radius 1 is 0.818 bits per heavy atom. The van der Waals surface area contributed by atoms with Gasteiger partial charge in [-0.1, -0.05) is 82.3 Å². The lowest BCUT2D eigenvalue weighted by atomic mass is 9.71. The highest BCUT2D eigenvalue weighted by Gasteiger charge is 2.51. The number of fused-ring (bicyclic) bond motifs is 2. The average molecular weight is 593 g/mol. The number of likely N-dealkylation sites (N-methyl/N-ethyl adjacent to an activating group) is 1. The molecule has 0 saturated heterocycles. The molecule has 0 amide bonds. The lowest BCUT2D eigenvalue weighted by molar-refractivity contribution is -0.172. The van der Waals surface area contributed by atoms with E-state index in [1.165, 1.54) is 22.5 Å². The van der Waals surface area contributed by atoms with Crippen molar-refractivity contribution < 1.29 is 19.1 Å². The number of para-hydroxylation sites is 2. The number of benzene rings is 2. The molecule has 0 unspecified atom stereocenters. The molecule has 0 fully saturated rings. The number of nitrogens with zero attached hydrogens (tertiary/aromatic N) is 2. The van der Waals surface area contributed by atoms with Gasteiger partial charge in [0.15, 0.2) is 5.41 Å². The number of carbonyl (C=O) groups is 2. The van der Waals surface area contributed by atoms with E-state index in [-0.39, 0.29) is 36.9 Å². The molecule has 3 aliphatic rings. The minimum absolute atomic E-state index is 0.180. The van der Waals surface area contributed by atoms with E-state index in [1.54, 1.807) is 13.8 Å². The van der Waals surface area contributed by atoms with E-state index in [1.807, 2.05) is 30.4 Å². The molecule has 0 atom stereocenters. The van der Waals surface area contributed by atoms with E-state index >= 15 is 0 Å². The first-order chi connectivity index (χ1) is 21.0. The van der Waals surface area contributed by atoms with E-state index in [0.717, 1.165) is 29.1 Å². The number of aliphatic imine (C=N–C) groups is 1. The van der Waals surface area contributed by atoms with Crippen LogP contribution in [0.25, 0.3) is 0 Å². The third-order valence-corrected chi connectivity index (χ3v) is 9.20. The molecule has 0 saturated carbocycles. The van der Waals surface area contributed by atoms with Crippen molar-refractivity contribution in [2.45, 2.75) is 72.1 Å². The summed E-state index contributed by atoms with van der Waals surface area (Å²) in [5.74, 6) is -1.10. The maximum atomic E-state index is 13.6. The summed E-state index contributed by atoms with van der Waals surface area (Å²) in [5.41, 5.74) is 6.50. The third-order valence-electron chi connectivity index (χ3n) is 9.20. The summed E-state index contributed by atoms with van der Waals surface area (Å²) in [6, 6.07) is 16.7. The molecule has 44 heavy (non-hydrogen) atoms.